The number of amidine groups is 1. The molecule has 0 aliphatic carbocycles. The van der Waals surface area contributed by atoms with Crippen molar-refractivity contribution in [2.75, 3.05) is 0 Å². The molecule has 0 saturated heterocycles. The van der Waals surface area contributed by atoms with Crippen LogP contribution in [0.15, 0.2) is 47.5 Å². The van der Waals surface area contributed by atoms with Crippen LogP contribution in [0.25, 0.3) is 10.2 Å². The van der Waals surface area contributed by atoms with Crippen molar-refractivity contribution in [3.05, 3.63) is 64.6 Å². The van der Waals surface area contributed by atoms with Gasteiger partial charge in [-0.05, 0) is 50.3 Å². The van der Waals surface area contributed by atoms with Crippen LogP contribution in [0.5, 0.6) is 0 Å². The van der Waals surface area contributed by atoms with Crippen molar-refractivity contribution in [3.8, 4) is 0 Å². The van der Waals surface area contributed by atoms with Gasteiger partial charge in [0.25, 0.3) is 0 Å². The van der Waals surface area contributed by atoms with Crippen molar-refractivity contribution >= 4 is 33.2 Å². The molecule has 26 heavy (non-hydrogen) atoms. The van der Waals surface area contributed by atoms with Crippen LogP contribution < -0.4 is 5.73 Å². The zero-order valence-electron chi connectivity index (χ0n) is 14.0. The number of halogens is 3. The number of hydrogen-bond acceptors (Lipinski definition) is 4. The Morgan fingerprint density at radius 2 is 1.92 bits per heavy atom. The summed E-state index contributed by atoms with van der Waals surface area (Å²) in [6, 6.07) is 5.75. The molecule has 3 aromatic rings. The van der Waals surface area contributed by atoms with E-state index in [0.717, 1.165) is 29.1 Å². The van der Waals surface area contributed by atoms with Crippen LogP contribution in [0.2, 0.25) is 0 Å². The van der Waals surface area contributed by atoms with Gasteiger partial charge in [-0.15, -0.1) is 11.3 Å². The molecule has 0 amide bonds. The highest BCUT2D eigenvalue weighted by Crippen LogP contribution is 2.38. The summed E-state index contributed by atoms with van der Waals surface area (Å²) < 4.78 is 42.8. The number of benzene rings is 1. The molecule has 0 atom stereocenters. The SMILES string of the molecule is CC=CC(N)=Nc1nc(C(F)(F)c2ccc(F)cc2)nc2sc(C)cc12. The molecule has 0 spiro atoms. The standard InChI is InChI=1S/C18H15F3N4S/c1-3-4-14(22)23-15-13-9-10(2)26-16(13)25-17(24-15)18(20,21)11-5-7-12(19)8-6-11/h3-9H,1-2H3,(H2,22,23,24,25). The number of thiophene rings is 1. The predicted octanol–water partition coefficient (Wildman–Crippen LogP) is 4.84. The lowest BCUT2D eigenvalue weighted by Gasteiger charge is -2.15. The summed E-state index contributed by atoms with van der Waals surface area (Å²) in [6.07, 6.45) is 3.23. The van der Waals surface area contributed by atoms with Crippen LogP contribution in [-0.4, -0.2) is 15.8 Å². The van der Waals surface area contributed by atoms with E-state index in [4.69, 9.17) is 5.73 Å². The van der Waals surface area contributed by atoms with E-state index in [2.05, 4.69) is 15.0 Å². The van der Waals surface area contributed by atoms with Gasteiger partial charge < -0.3 is 5.73 Å². The van der Waals surface area contributed by atoms with E-state index >= 15 is 0 Å². The lowest BCUT2D eigenvalue weighted by Crippen LogP contribution is -2.19. The number of aliphatic imine (C=N–C) groups is 1. The van der Waals surface area contributed by atoms with Gasteiger partial charge in [0.1, 0.15) is 16.5 Å². The molecule has 134 valence electrons. The molecule has 2 N–H and O–H groups in total. The Kier molecular flexibility index (Phi) is 4.78. The number of allylic oxidation sites excluding steroid dienone is 1. The number of alkyl halides is 2. The third-order valence-corrected chi connectivity index (χ3v) is 4.50. The monoisotopic (exact) mass is 376 g/mol. The lowest BCUT2D eigenvalue weighted by molar-refractivity contribution is 0.0333. The van der Waals surface area contributed by atoms with Crippen molar-refractivity contribution < 1.29 is 13.2 Å². The molecule has 8 heteroatoms. The second-order valence-electron chi connectivity index (χ2n) is 5.56. The number of aromatic nitrogens is 2. The number of nitrogens with two attached hydrogens (primary N) is 1. The molecule has 1 aromatic carbocycles. The average molecular weight is 376 g/mol. The molecule has 0 aliphatic rings. The van der Waals surface area contributed by atoms with Crippen LogP contribution >= 0.6 is 11.3 Å². The van der Waals surface area contributed by atoms with Crippen LogP contribution in [0.1, 0.15) is 23.2 Å². The summed E-state index contributed by atoms with van der Waals surface area (Å²) in [5.41, 5.74) is 5.38. The molecule has 0 unspecified atom stereocenters. The summed E-state index contributed by atoms with van der Waals surface area (Å²) in [4.78, 5) is 13.4. The molecule has 2 heterocycles. The number of aryl methyl sites for hydroxylation is 1. The molecule has 0 saturated carbocycles. The van der Waals surface area contributed by atoms with E-state index < -0.39 is 23.1 Å². The molecule has 0 bridgehead atoms. The highest BCUT2D eigenvalue weighted by Gasteiger charge is 2.38. The van der Waals surface area contributed by atoms with Crippen LogP contribution in [0.3, 0.4) is 0 Å². The maximum absolute atomic E-state index is 14.9. The fourth-order valence-corrected chi connectivity index (χ4v) is 3.25. The van der Waals surface area contributed by atoms with E-state index in [1.54, 1.807) is 25.1 Å². The first-order valence-corrected chi connectivity index (χ1v) is 8.52. The van der Waals surface area contributed by atoms with Gasteiger partial charge in [0.05, 0.1) is 5.39 Å². The minimum absolute atomic E-state index is 0.0757. The molecule has 2 aromatic heterocycles. The number of hydrogen-bond donors (Lipinski definition) is 1. The molecular weight excluding hydrogens is 361 g/mol. The van der Waals surface area contributed by atoms with Crippen molar-refractivity contribution in [3.63, 3.8) is 0 Å². The summed E-state index contributed by atoms with van der Waals surface area (Å²) in [6.45, 7) is 3.60. The van der Waals surface area contributed by atoms with Gasteiger partial charge >= 0.3 is 5.92 Å². The average Bonchev–Trinajstić information content (AvgIpc) is 2.96. The maximum Gasteiger partial charge on any atom is 0.331 e. The zero-order chi connectivity index (χ0) is 18.9. The topological polar surface area (TPSA) is 64.2 Å². The maximum atomic E-state index is 14.9. The first-order valence-electron chi connectivity index (χ1n) is 7.70. The van der Waals surface area contributed by atoms with Gasteiger partial charge in [0.2, 0.25) is 5.82 Å². The summed E-state index contributed by atoms with van der Waals surface area (Å²) in [5, 5.41) is 0.554. The molecule has 0 radical (unpaired) electrons. The first-order chi connectivity index (χ1) is 12.3. The van der Waals surface area contributed by atoms with Gasteiger partial charge in [-0.1, -0.05) is 6.08 Å². The van der Waals surface area contributed by atoms with Gasteiger partial charge in [-0.3, -0.25) is 0 Å². The Morgan fingerprint density at radius 3 is 2.58 bits per heavy atom. The Labute approximate surface area is 151 Å². The third-order valence-electron chi connectivity index (χ3n) is 3.56. The van der Waals surface area contributed by atoms with E-state index in [1.807, 2.05) is 6.92 Å². The van der Waals surface area contributed by atoms with Gasteiger partial charge in [-0.25, -0.2) is 19.4 Å². The second-order valence-corrected chi connectivity index (χ2v) is 6.80. The Hall–Kier alpha value is -2.74. The largest absolute Gasteiger partial charge is 0.384 e. The highest BCUT2D eigenvalue weighted by atomic mass is 32.1. The van der Waals surface area contributed by atoms with E-state index in [1.165, 1.54) is 11.3 Å². The molecular formula is C18H15F3N4S. The Bertz CT molecular complexity index is 1010. The Balaban J connectivity index is 2.20. The fourth-order valence-electron chi connectivity index (χ4n) is 2.37. The smallest absolute Gasteiger partial charge is 0.331 e. The quantitative estimate of drug-likeness (QED) is 0.523. The van der Waals surface area contributed by atoms with Crippen LogP contribution in [0.4, 0.5) is 19.0 Å². The summed E-state index contributed by atoms with van der Waals surface area (Å²) in [7, 11) is 0. The van der Waals surface area contributed by atoms with Crippen LogP contribution in [0, 0.1) is 12.7 Å². The minimum atomic E-state index is -3.50. The molecule has 3 rings (SSSR count). The number of rotatable bonds is 4. The van der Waals surface area contributed by atoms with E-state index in [-0.39, 0.29) is 11.7 Å². The normalized spacial score (nSPS) is 13.0. The predicted molar refractivity (Wildman–Crippen MR) is 97.6 cm³/mol. The highest BCUT2D eigenvalue weighted by molar-refractivity contribution is 7.18. The fraction of sp³-hybridized carbons (Fsp3) is 0.167. The van der Waals surface area contributed by atoms with E-state index in [9.17, 15) is 13.2 Å². The van der Waals surface area contributed by atoms with Crippen molar-refractivity contribution in [1.82, 2.24) is 9.97 Å². The minimum Gasteiger partial charge on any atom is -0.384 e. The lowest BCUT2D eigenvalue weighted by atomic mass is 10.1. The van der Waals surface area contributed by atoms with Crippen molar-refractivity contribution in [2.45, 2.75) is 19.8 Å². The first kappa shape index (κ1) is 18.1. The van der Waals surface area contributed by atoms with Crippen LogP contribution in [-0.2, 0) is 5.92 Å². The second kappa shape index (κ2) is 6.87. The van der Waals surface area contributed by atoms with Gasteiger partial charge in [0.15, 0.2) is 5.82 Å². The molecule has 0 fully saturated rings. The molecule has 0 aliphatic heterocycles. The molecule has 4 nitrogen and oxygen atoms in total. The number of fused-ring (bicyclic) bond motifs is 1. The Morgan fingerprint density at radius 1 is 1.23 bits per heavy atom. The van der Waals surface area contributed by atoms with Crippen molar-refractivity contribution in [2.24, 2.45) is 10.7 Å². The summed E-state index contributed by atoms with van der Waals surface area (Å²) >= 11 is 1.26. The van der Waals surface area contributed by atoms with Gasteiger partial charge in [-0.2, -0.15) is 8.78 Å². The zero-order valence-corrected chi connectivity index (χ0v) is 14.8. The summed E-state index contributed by atoms with van der Waals surface area (Å²) in [5.74, 6) is -4.58. The van der Waals surface area contributed by atoms with E-state index in [0.29, 0.717) is 10.2 Å². The van der Waals surface area contributed by atoms with Gasteiger partial charge in [0, 0.05) is 10.4 Å². The van der Waals surface area contributed by atoms with Crippen molar-refractivity contribution in [1.29, 1.82) is 0 Å². The third kappa shape index (κ3) is 3.45. The number of nitrogens with zero attached hydrogens (tertiary/aromatic N) is 3.